The molecular weight excluding hydrogens is 278 g/mol. The minimum absolute atomic E-state index is 0.104. The van der Waals surface area contributed by atoms with E-state index in [2.05, 4.69) is 15.5 Å². The molecule has 0 radical (unpaired) electrons. The molecule has 1 fully saturated rings. The third kappa shape index (κ3) is 2.29. The summed E-state index contributed by atoms with van der Waals surface area (Å²) in [4.78, 5) is 29.4. The number of hydroxylamine groups is 1. The van der Waals surface area contributed by atoms with Crippen molar-refractivity contribution in [3.8, 4) is 0 Å². The van der Waals surface area contributed by atoms with Crippen molar-refractivity contribution in [2.45, 2.75) is 13.0 Å². The van der Waals surface area contributed by atoms with Crippen LogP contribution in [0.4, 0.5) is 10.5 Å². The van der Waals surface area contributed by atoms with E-state index in [0.717, 1.165) is 11.1 Å². The Morgan fingerprint density at radius 3 is 3.10 bits per heavy atom. The molecule has 21 heavy (non-hydrogen) atoms. The maximum Gasteiger partial charge on any atom is 0.415 e. The van der Waals surface area contributed by atoms with Crippen LogP contribution in [0.3, 0.4) is 0 Å². The molecule has 0 bridgehead atoms. The number of benzene rings is 1. The Balaban J connectivity index is 1.85. The van der Waals surface area contributed by atoms with Crippen molar-refractivity contribution in [1.82, 2.24) is 10.6 Å². The molecule has 3 rings (SSSR count). The molecule has 0 unspecified atom stereocenters. The summed E-state index contributed by atoms with van der Waals surface area (Å²) in [6.07, 6.45) is -1.51. The summed E-state index contributed by atoms with van der Waals surface area (Å²) in [5.74, 6) is -0.509. The second-order valence-electron chi connectivity index (χ2n) is 4.60. The predicted octanol–water partition coefficient (Wildman–Crippen LogP) is 1.14. The van der Waals surface area contributed by atoms with Crippen molar-refractivity contribution >= 4 is 28.7 Å². The van der Waals surface area contributed by atoms with Crippen LogP contribution in [0, 0.1) is 6.92 Å². The van der Waals surface area contributed by atoms with Crippen LogP contribution in [0.5, 0.6) is 0 Å². The third-order valence-corrected chi connectivity index (χ3v) is 3.25. The van der Waals surface area contributed by atoms with Crippen LogP contribution in [-0.2, 0) is 14.4 Å². The van der Waals surface area contributed by atoms with E-state index >= 15 is 0 Å². The van der Waals surface area contributed by atoms with Gasteiger partial charge in [-0.05, 0) is 19.1 Å². The fourth-order valence-corrected chi connectivity index (χ4v) is 2.20. The monoisotopic (exact) mass is 291 g/mol. The Morgan fingerprint density at radius 2 is 2.33 bits per heavy atom. The van der Waals surface area contributed by atoms with Crippen LogP contribution in [-0.4, -0.2) is 36.9 Å². The molecule has 2 aromatic rings. The molecule has 0 spiro atoms. The van der Waals surface area contributed by atoms with E-state index in [-0.39, 0.29) is 6.54 Å². The van der Waals surface area contributed by atoms with Gasteiger partial charge >= 0.3 is 6.09 Å². The molecule has 0 saturated carbocycles. The smallest absolute Gasteiger partial charge is 0.415 e. The number of aromatic nitrogens is 1. The van der Waals surface area contributed by atoms with Gasteiger partial charge in [0.1, 0.15) is 0 Å². The first-order valence-electron chi connectivity index (χ1n) is 6.27. The highest BCUT2D eigenvalue weighted by atomic mass is 16.6. The topological polar surface area (TPSA) is 93.9 Å². The lowest BCUT2D eigenvalue weighted by Gasteiger charge is -2.12. The van der Waals surface area contributed by atoms with E-state index in [1.807, 2.05) is 13.0 Å². The highest BCUT2D eigenvalue weighted by molar-refractivity contribution is 5.97. The first kappa shape index (κ1) is 13.4. The van der Waals surface area contributed by atoms with Crippen molar-refractivity contribution in [2.24, 2.45) is 0 Å². The molecule has 1 N–H and O–H groups in total. The molecule has 1 saturated heterocycles. The number of amides is 2. The zero-order valence-corrected chi connectivity index (χ0v) is 11.5. The normalized spacial score (nSPS) is 18.1. The van der Waals surface area contributed by atoms with Crippen molar-refractivity contribution in [2.75, 3.05) is 18.6 Å². The van der Waals surface area contributed by atoms with E-state index < -0.39 is 18.1 Å². The molecule has 1 aromatic carbocycles. The average molecular weight is 291 g/mol. The second-order valence-corrected chi connectivity index (χ2v) is 4.60. The Hall–Kier alpha value is -2.61. The minimum Gasteiger partial charge on any atom is -0.434 e. The molecule has 110 valence electrons. The zero-order chi connectivity index (χ0) is 15.0. The number of cyclic esters (lactones) is 1. The second kappa shape index (κ2) is 5.06. The molecule has 0 aliphatic carbocycles. The zero-order valence-electron chi connectivity index (χ0n) is 11.5. The van der Waals surface area contributed by atoms with Gasteiger partial charge in [-0.25, -0.2) is 10.3 Å². The van der Waals surface area contributed by atoms with E-state index in [1.54, 1.807) is 12.1 Å². The summed E-state index contributed by atoms with van der Waals surface area (Å²) in [6, 6.07) is 5.25. The molecule has 1 aromatic heterocycles. The van der Waals surface area contributed by atoms with Gasteiger partial charge in [-0.3, -0.25) is 14.5 Å². The first-order chi connectivity index (χ1) is 10.1. The van der Waals surface area contributed by atoms with Gasteiger partial charge in [0.05, 0.1) is 25.0 Å². The van der Waals surface area contributed by atoms with Gasteiger partial charge in [0.2, 0.25) is 6.10 Å². The number of ether oxygens (including phenoxy) is 1. The number of hydrogen-bond acceptors (Lipinski definition) is 6. The SMILES string of the molecule is CONC(=O)[C@H]1CN(c2ccc3c(C)noc3c2)C(=O)O1. The van der Waals surface area contributed by atoms with E-state index in [0.29, 0.717) is 11.3 Å². The van der Waals surface area contributed by atoms with Crippen LogP contribution in [0.1, 0.15) is 5.69 Å². The third-order valence-electron chi connectivity index (χ3n) is 3.25. The van der Waals surface area contributed by atoms with Crippen LogP contribution in [0.15, 0.2) is 22.7 Å². The molecule has 2 heterocycles. The van der Waals surface area contributed by atoms with Crippen LogP contribution in [0.25, 0.3) is 11.0 Å². The number of aryl methyl sites for hydroxylation is 1. The fraction of sp³-hybridized carbons (Fsp3) is 0.308. The van der Waals surface area contributed by atoms with Gasteiger partial charge in [0.15, 0.2) is 5.58 Å². The Labute approximate surface area is 119 Å². The van der Waals surface area contributed by atoms with Gasteiger partial charge in [0, 0.05) is 11.5 Å². The molecular formula is C13H13N3O5. The number of carbonyl (C=O) groups is 2. The quantitative estimate of drug-likeness (QED) is 0.852. The number of hydrogen-bond donors (Lipinski definition) is 1. The number of nitrogens with one attached hydrogen (secondary N) is 1. The number of carbonyl (C=O) groups excluding carboxylic acids is 2. The summed E-state index contributed by atoms with van der Waals surface area (Å²) in [6.45, 7) is 1.94. The lowest BCUT2D eigenvalue weighted by molar-refractivity contribution is -0.138. The fourth-order valence-electron chi connectivity index (χ4n) is 2.20. The van der Waals surface area contributed by atoms with Crippen molar-refractivity contribution in [1.29, 1.82) is 0 Å². The number of rotatable bonds is 3. The van der Waals surface area contributed by atoms with Gasteiger partial charge in [-0.1, -0.05) is 5.16 Å². The standard InChI is InChI=1S/C13H13N3O5/c1-7-9-4-3-8(5-10(9)21-14-7)16-6-11(20-13(16)18)12(17)15-19-2/h3-5,11H,6H2,1-2H3,(H,15,17)/t11-/m1/s1. The van der Waals surface area contributed by atoms with Gasteiger partial charge < -0.3 is 9.26 Å². The molecule has 8 nitrogen and oxygen atoms in total. The van der Waals surface area contributed by atoms with Gasteiger partial charge in [-0.15, -0.1) is 0 Å². The highest BCUT2D eigenvalue weighted by Crippen LogP contribution is 2.27. The summed E-state index contributed by atoms with van der Waals surface area (Å²) in [5, 5.41) is 4.73. The molecule has 1 aliphatic rings. The Bertz CT molecular complexity index is 711. The van der Waals surface area contributed by atoms with Crippen LogP contribution in [0.2, 0.25) is 0 Å². The lowest BCUT2D eigenvalue weighted by Crippen LogP contribution is -2.36. The van der Waals surface area contributed by atoms with Crippen molar-refractivity contribution < 1.29 is 23.7 Å². The first-order valence-corrected chi connectivity index (χ1v) is 6.27. The summed E-state index contributed by atoms with van der Waals surface area (Å²) in [5.41, 5.74) is 4.07. The van der Waals surface area contributed by atoms with Crippen LogP contribution < -0.4 is 10.4 Å². The number of anilines is 1. The van der Waals surface area contributed by atoms with E-state index in [1.165, 1.54) is 12.0 Å². The summed E-state index contributed by atoms with van der Waals surface area (Å²) < 4.78 is 10.2. The highest BCUT2D eigenvalue weighted by Gasteiger charge is 2.37. The van der Waals surface area contributed by atoms with E-state index in [9.17, 15) is 9.59 Å². The van der Waals surface area contributed by atoms with E-state index in [4.69, 9.17) is 9.26 Å². The largest absolute Gasteiger partial charge is 0.434 e. The maximum absolute atomic E-state index is 11.9. The average Bonchev–Trinajstić information content (AvgIpc) is 3.03. The van der Waals surface area contributed by atoms with Crippen molar-refractivity contribution in [3.05, 3.63) is 23.9 Å². The van der Waals surface area contributed by atoms with Gasteiger partial charge in [0.25, 0.3) is 5.91 Å². The van der Waals surface area contributed by atoms with Crippen LogP contribution >= 0.6 is 0 Å². The lowest BCUT2D eigenvalue weighted by atomic mass is 10.2. The summed E-state index contributed by atoms with van der Waals surface area (Å²) in [7, 11) is 1.31. The Kier molecular flexibility index (Phi) is 3.22. The predicted molar refractivity (Wildman–Crippen MR) is 71.5 cm³/mol. The molecule has 2 amide bonds. The minimum atomic E-state index is -0.912. The van der Waals surface area contributed by atoms with Gasteiger partial charge in [-0.2, -0.15) is 0 Å². The number of fused-ring (bicyclic) bond motifs is 1. The summed E-state index contributed by atoms with van der Waals surface area (Å²) >= 11 is 0. The van der Waals surface area contributed by atoms with Crippen molar-refractivity contribution in [3.63, 3.8) is 0 Å². The molecule has 1 aliphatic heterocycles. The molecule has 1 atom stereocenters. The molecule has 8 heteroatoms. The number of nitrogens with zero attached hydrogens (tertiary/aromatic N) is 2. The maximum atomic E-state index is 11.9. The Morgan fingerprint density at radius 1 is 1.52 bits per heavy atom.